The Labute approximate surface area is 189 Å². The van der Waals surface area contributed by atoms with Crippen molar-refractivity contribution in [3.05, 3.63) is 75.1 Å². The summed E-state index contributed by atoms with van der Waals surface area (Å²) in [6, 6.07) is 15.7. The Morgan fingerprint density at radius 2 is 1.94 bits per heavy atom. The maximum Gasteiger partial charge on any atom is 0.336 e. The molecule has 2 aromatic heterocycles. The van der Waals surface area contributed by atoms with Crippen molar-refractivity contribution in [2.45, 2.75) is 49.6 Å². The monoisotopic (exact) mass is 451 g/mol. The van der Waals surface area contributed by atoms with Crippen LogP contribution >= 0.6 is 23.4 Å². The van der Waals surface area contributed by atoms with Crippen molar-refractivity contribution in [1.29, 1.82) is 0 Å². The van der Waals surface area contributed by atoms with Crippen LogP contribution in [0.4, 0.5) is 0 Å². The molecule has 0 saturated heterocycles. The molecule has 31 heavy (non-hydrogen) atoms. The number of benzene rings is 2. The normalized spacial score (nSPS) is 14.5. The maximum absolute atomic E-state index is 12.1. The Balaban J connectivity index is 1.53. The van der Waals surface area contributed by atoms with Crippen LogP contribution in [0.15, 0.2) is 62.9 Å². The highest BCUT2D eigenvalue weighted by Crippen LogP contribution is 2.39. The number of hydrogen-bond acceptors (Lipinski definition) is 5. The Morgan fingerprint density at radius 1 is 1.13 bits per heavy atom. The molecule has 5 nitrogen and oxygen atoms in total. The molecule has 2 aromatic carbocycles. The average Bonchev–Trinajstić information content (AvgIpc) is 3.41. The summed E-state index contributed by atoms with van der Waals surface area (Å²) in [4.78, 5) is 12.1. The SMILES string of the molecule is Cc1ccc2c(CSc3nnc(-c4ccccc4Cl)n3C3CCCC3)cc(=O)oc2c1. The highest BCUT2D eigenvalue weighted by Gasteiger charge is 2.26. The summed E-state index contributed by atoms with van der Waals surface area (Å²) in [6.07, 6.45) is 4.64. The minimum absolute atomic E-state index is 0.331. The van der Waals surface area contributed by atoms with E-state index in [4.69, 9.17) is 16.0 Å². The van der Waals surface area contributed by atoms with Crippen molar-refractivity contribution in [2.24, 2.45) is 0 Å². The van der Waals surface area contributed by atoms with Crippen LogP contribution in [0.25, 0.3) is 22.4 Å². The maximum atomic E-state index is 12.1. The van der Waals surface area contributed by atoms with Gasteiger partial charge >= 0.3 is 5.63 Å². The molecule has 0 radical (unpaired) electrons. The van der Waals surface area contributed by atoms with E-state index in [0.717, 1.165) is 45.9 Å². The molecule has 1 fully saturated rings. The van der Waals surface area contributed by atoms with Gasteiger partial charge in [0.1, 0.15) is 5.58 Å². The minimum atomic E-state index is -0.331. The van der Waals surface area contributed by atoms with Gasteiger partial charge in [0.25, 0.3) is 0 Å². The second-order valence-corrected chi connectivity index (χ2v) is 9.32. The van der Waals surface area contributed by atoms with E-state index in [0.29, 0.717) is 22.4 Å². The van der Waals surface area contributed by atoms with Gasteiger partial charge in [0.15, 0.2) is 11.0 Å². The topological polar surface area (TPSA) is 60.9 Å². The molecule has 1 saturated carbocycles. The lowest BCUT2D eigenvalue weighted by Gasteiger charge is -2.17. The van der Waals surface area contributed by atoms with Gasteiger partial charge < -0.3 is 4.42 Å². The first-order valence-corrected chi connectivity index (χ1v) is 11.8. The van der Waals surface area contributed by atoms with Gasteiger partial charge in [-0.25, -0.2) is 4.79 Å². The van der Waals surface area contributed by atoms with Crippen molar-refractivity contribution in [1.82, 2.24) is 14.8 Å². The smallest absolute Gasteiger partial charge is 0.336 e. The lowest BCUT2D eigenvalue weighted by Crippen LogP contribution is -2.09. The number of thioether (sulfide) groups is 1. The number of halogens is 1. The van der Waals surface area contributed by atoms with Crippen molar-refractivity contribution in [3.8, 4) is 11.4 Å². The molecule has 0 N–H and O–H groups in total. The summed E-state index contributed by atoms with van der Waals surface area (Å²) in [5, 5.41) is 11.5. The van der Waals surface area contributed by atoms with E-state index in [1.165, 1.54) is 12.8 Å². The van der Waals surface area contributed by atoms with Crippen LogP contribution in [0.5, 0.6) is 0 Å². The summed E-state index contributed by atoms with van der Waals surface area (Å²) in [7, 11) is 0. The molecular weight excluding hydrogens is 430 g/mol. The highest BCUT2D eigenvalue weighted by molar-refractivity contribution is 7.98. The summed E-state index contributed by atoms with van der Waals surface area (Å²) in [5.41, 5.74) is 3.19. The van der Waals surface area contributed by atoms with E-state index in [1.54, 1.807) is 17.8 Å². The van der Waals surface area contributed by atoms with Gasteiger partial charge in [-0.2, -0.15) is 0 Å². The summed E-state index contributed by atoms with van der Waals surface area (Å²) < 4.78 is 7.65. The summed E-state index contributed by atoms with van der Waals surface area (Å²) in [5.74, 6) is 1.42. The predicted molar refractivity (Wildman–Crippen MR) is 125 cm³/mol. The Morgan fingerprint density at radius 3 is 2.74 bits per heavy atom. The van der Waals surface area contributed by atoms with Crippen LogP contribution in [0.2, 0.25) is 5.02 Å². The lowest BCUT2D eigenvalue weighted by atomic mass is 10.1. The summed E-state index contributed by atoms with van der Waals surface area (Å²) >= 11 is 8.08. The van der Waals surface area contributed by atoms with E-state index < -0.39 is 0 Å². The van der Waals surface area contributed by atoms with Crippen molar-refractivity contribution in [3.63, 3.8) is 0 Å². The zero-order valence-corrected chi connectivity index (χ0v) is 18.7. The largest absolute Gasteiger partial charge is 0.423 e. The van der Waals surface area contributed by atoms with Gasteiger partial charge in [-0.15, -0.1) is 10.2 Å². The fraction of sp³-hybridized carbons (Fsp3) is 0.292. The van der Waals surface area contributed by atoms with Gasteiger partial charge in [0.2, 0.25) is 0 Å². The lowest BCUT2D eigenvalue weighted by molar-refractivity contribution is 0.485. The number of hydrogen-bond donors (Lipinski definition) is 0. The minimum Gasteiger partial charge on any atom is -0.423 e. The molecule has 1 aliphatic carbocycles. The molecule has 0 aliphatic heterocycles. The molecule has 0 unspecified atom stereocenters. The van der Waals surface area contributed by atoms with Crippen LogP contribution in [-0.2, 0) is 5.75 Å². The van der Waals surface area contributed by atoms with E-state index >= 15 is 0 Å². The number of fused-ring (bicyclic) bond motifs is 1. The van der Waals surface area contributed by atoms with E-state index in [9.17, 15) is 4.79 Å². The zero-order valence-electron chi connectivity index (χ0n) is 17.2. The molecule has 4 aromatic rings. The molecule has 0 atom stereocenters. The first-order valence-electron chi connectivity index (χ1n) is 10.5. The van der Waals surface area contributed by atoms with Crippen LogP contribution in [0.3, 0.4) is 0 Å². The molecule has 0 amide bonds. The number of rotatable bonds is 5. The Bertz CT molecular complexity index is 1310. The van der Waals surface area contributed by atoms with Gasteiger partial charge in [-0.1, -0.05) is 60.5 Å². The molecule has 0 spiro atoms. The third-order valence-electron chi connectivity index (χ3n) is 5.81. The Hall–Kier alpha value is -2.57. The molecule has 1 aliphatic rings. The van der Waals surface area contributed by atoms with Crippen LogP contribution in [0, 0.1) is 6.92 Å². The Kier molecular flexibility index (Phi) is 5.59. The molecule has 7 heteroatoms. The van der Waals surface area contributed by atoms with Gasteiger partial charge in [0, 0.05) is 28.8 Å². The van der Waals surface area contributed by atoms with Gasteiger partial charge in [-0.3, -0.25) is 4.57 Å². The van der Waals surface area contributed by atoms with Crippen LogP contribution in [-0.4, -0.2) is 14.8 Å². The van der Waals surface area contributed by atoms with Crippen molar-refractivity contribution < 1.29 is 4.42 Å². The van der Waals surface area contributed by atoms with Gasteiger partial charge in [-0.05, 0) is 49.1 Å². The second kappa shape index (κ2) is 8.52. The molecule has 158 valence electrons. The third kappa shape index (κ3) is 4.02. The number of aryl methyl sites for hydroxylation is 1. The van der Waals surface area contributed by atoms with E-state index in [2.05, 4.69) is 14.8 Å². The van der Waals surface area contributed by atoms with Crippen LogP contribution < -0.4 is 5.63 Å². The quantitative estimate of drug-likeness (QED) is 0.259. The van der Waals surface area contributed by atoms with Crippen molar-refractivity contribution >= 4 is 34.3 Å². The predicted octanol–water partition coefficient (Wildman–Crippen LogP) is 6.42. The van der Waals surface area contributed by atoms with Crippen LogP contribution in [0.1, 0.15) is 42.9 Å². The zero-order chi connectivity index (χ0) is 21.4. The number of aromatic nitrogens is 3. The fourth-order valence-corrected chi connectivity index (χ4v) is 5.51. The standard InChI is InChI=1S/C24H22ClN3O2S/c1-15-10-11-18-16(13-22(29)30-21(18)12-15)14-31-24-27-26-23(19-8-4-5-9-20(19)25)28(24)17-6-2-3-7-17/h4-5,8-13,17H,2-3,6-7,14H2,1H3. The first kappa shape index (κ1) is 20.3. The fourth-order valence-electron chi connectivity index (χ4n) is 4.29. The molecule has 0 bridgehead atoms. The van der Waals surface area contributed by atoms with Gasteiger partial charge in [0.05, 0.1) is 5.02 Å². The highest BCUT2D eigenvalue weighted by atomic mass is 35.5. The molecular formula is C24H22ClN3O2S. The number of nitrogens with zero attached hydrogens (tertiary/aromatic N) is 3. The van der Waals surface area contributed by atoms with Crippen molar-refractivity contribution in [2.75, 3.05) is 0 Å². The first-order chi connectivity index (χ1) is 15.1. The third-order valence-corrected chi connectivity index (χ3v) is 7.13. The average molecular weight is 452 g/mol. The molecule has 5 rings (SSSR count). The van der Waals surface area contributed by atoms with E-state index in [-0.39, 0.29) is 5.63 Å². The molecule has 2 heterocycles. The van der Waals surface area contributed by atoms with E-state index in [1.807, 2.05) is 49.4 Å². The summed E-state index contributed by atoms with van der Waals surface area (Å²) in [6.45, 7) is 1.99. The second-order valence-electron chi connectivity index (χ2n) is 7.97.